The fraction of sp³-hybridized carbons (Fsp3) is 0.909. The number of nitrogens with zero attached hydrogens (tertiary/aromatic N) is 1. The van der Waals surface area contributed by atoms with Crippen LogP contribution >= 0.6 is 0 Å². The van der Waals surface area contributed by atoms with E-state index in [0.717, 1.165) is 19.4 Å². The second kappa shape index (κ2) is 6.80. The third-order valence-corrected chi connectivity index (χ3v) is 2.88. The molecule has 0 saturated heterocycles. The smallest absolute Gasteiger partial charge is 0.0724 e. The second-order valence-corrected chi connectivity index (χ2v) is 3.88. The first-order valence-electron chi connectivity index (χ1n) is 5.51. The summed E-state index contributed by atoms with van der Waals surface area (Å²) in [6.07, 6.45) is 6.89. The van der Waals surface area contributed by atoms with Gasteiger partial charge >= 0.3 is 0 Å². The maximum absolute atomic E-state index is 8.37. The Balaban J connectivity index is 2.03. The minimum absolute atomic E-state index is 0.408. The summed E-state index contributed by atoms with van der Waals surface area (Å²) in [5.74, 6) is 0. The molecule has 0 aromatic carbocycles. The molecule has 0 aliphatic heterocycles. The molecular formula is C11H20N2O. The van der Waals surface area contributed by atoms with E-state index < -0.39 is 0 Å². The monoisotopic (exact) mass is 196 g/mol. The Bertz CT molecular complexity index is 188. The number of methoxy groups -OCH3 is 1. The molecule has 0 bridgehead atoms. The number of nitrogens with one attached hydrogen (secondary N) is 1. The van der Waals surface area contributed by atoms with Gasteiger partial charge in [0.15, 0.2) is 0 Å². The summed E-state index contributed by atoms with van der Waals surface area (Å²) >= 11 is 0. The predicted octanol–water partition coefficient (Wildman–Crippen LogP) is 1.84. The third kappa shape index (κ3) is 3.65. The van der Waals surface area contributed by atoms with Crippen LogP contribution in [0.4, 0.5) is 0 Å². The zero-order chi connectivity index (χ0) is 10.2. The van der Waals surface area contributed by atoms with Crippen LogP contribution in [0.5, 0.6) is 0 Å². The lowest BCUT2D eigenvalue weighted by molar-refractivity contribution is 0.0852. The molecule has 1 aliphatic carbocycles. The molecule has 2 atom stereocenters. The van der Waals surface area contributed by atoms with Gasteiger partial charge in [-0.3, -0.25) is 0 Å². The number of unbranched alkanes of at least 4 members (excludes halogenated alkanes) is 2. The highest BCUT2D eigenvalue weighted by Gasteiger charge is 2.25. The molecule has 14 heavy (non-hydrogen) atoms. The van der Waals surface area contributed by atoms with E-state index >= 15 is 0 Å². The van der Waals surface area contributed by atoms with Crippen molar-refractivity contribution in [1.29, 1.82) is 5.26 Å². The standard InChI is InChI=1S/C11H20N2O/c1-14-11-7-5-6-10(11)13-9-4-2-3-8-12/h10-11,13H,2-7,9H2,1H3. The van der Waals surface area contributed by atoms with E-state index in [1.165, 1.54) is 19.3 Å². The van der Waals surface area contributed by atoms with Crippen molar-refractivity contribution in [3.8, 4) is 6.07 Å². The Hall–Kier alpha value is -0.590. The van der Waals surface area contributed by atoms with Crippen LogP contribution in [0.2, 0.25) is 0 Å². The van der Waals surface area contributed by atoms with E-state index in [2.05, 4.69) is 11.4 Å². The van der Waals surface area contributed by atoms with E-state index in [-0.39, 0.29) is 0 Å². The molecule has 3 heteroatoms. The average Bonchev–Trinajstić information content (AvgIpc) is 2.65. The highest BCUT2D eigenvalue weighted by atomic mass is 16.5. The van der Waals surface area contributed by atoms with Crippen molar-refractivity contribution in [2.24, 2.45) is 0 Å². The van der Waals surface area contributed by atoms with Gasteiger partial charge in [-0.1, -0.05) is 0 Å². The number of ether oxygens (including phenoxy) is 1. The van der Waals surface area contributed by atoms with Gasteiger partial charge in [-0.15, -0.1) is 0 Å². The van der Waals surface area contributed by atoms with Crippen LogP contribution < -0.4 is 5.32 Å². The Kier molecular flexibility index (Phi) is 5.58. The molecule has 3 nitrogen and oxygen atoms in total. The van der Waals surface area contributed by atoms with Crippen molar-refractivity contribution in [3.05, 3.63) is 0 Å². The molecule has 1 saturated carbocycles. The highest BCUT2D eigenvalue weighted by Crippen LogP contribution is 2.21. The van der Waals surface area contributed by atoms with Gasteiger partial charge in [0.2, 0.25) is 0 Å². The van der Waals surface area contributed by atoms with Crippen LogP contribution in [0.3, 0.4) is 0 Å². The van der Waals surface area contributed by atoms with Crippen LogP contribution in [-0.2, 0) is 4.74 Å². The van der Waals surface area contributed by atoms with Crippen LogP contribution in [0, 0.1) is 11.3 Å². The first kappa shape index (κ1) is 11.5. The van der Waals surface area contributed by atoms with E-state index in [1.807, 2.05) is 0 Å². The van der Waals surface area contributed by atoms with Gasteiger partial charge in [0.1, 0.15) is 0 Å². The van der Waals surface area contributed by atoms with Crippen molar-refractivity contribution in [1.82, 2.24) is 5.32 Å². The highest BCUT2D eigenvalue weighted by molar-refractivity contribution is 4.83. The van der Waals surface area contributed by atoms with E-state index in [9.17, 15) is 0 Å². The summed E-state index contributed by atoms with van der Waals surface area (Å²) in [6.45, 7) is 1.02. The lowest BCUT2D eigenvalue weighted by Gasteiger charge is -2.19. The zero-order valence-corrected chi connectivity index (χ0v) is 8.96. The SMILES string of the molecule is COC1CCCC1NCCCCC#N. The maximum Gasteiger partial charge on any atom is 0.0724 e. The first-order valence-corrected chi connectivity index (χ1v) is 5.51. The Morgan fingerprint density at radius 1 is 1.43 bits per heavy atom. The maximum atomic E-state index is 8.37. The number of nitriles is 1. The molecule has 0 aromatic rings. The summed E-state index contributed by atoms with van der Waals surface area (Å²) in [7, 11) is 1.79. The lowest BCUT2D eigenvalue weighted by Crippen LogP contribution is -2.37. The van der Waals surface area contributed by atoms with Crippen molar-refractivity contribution in [2.75, 3.05) is 13.7 Å². The average molecular weight is 196 g/mol. The molecule has 1 N–H and O–H groups in total. The molecule has 0 spiro atoms. The van der Waals surface area contributed by atoms with E-state index in [0.29, 0.717) is 18.6 Å². The van der Waals surface area contributed by atoms with E-state index in [4.69, 9.17) is 10.00 Å². The van der Waals surface area contributed by atoms with Crippen LogP contribution in [0.1, 0.15) is 38.5 Å². The largest absolute Gasteiger partial charge is 0.380 e. The second-order valence-electron chi connectivity index (χ2n) is 3.88. The van der Waals surface area contributed by atoms with E-state index in [1.54, 1.807) is 7.11 Å². The van der Waals surface area contributed by atoms with Crippen molar-refractivity contribution >= 4 is 0 Å². The minimum atomic E-state index is 0.408. The quantitative estimate of drug-likeness (QED) is 0.659. The van der Waals surface area contributed by atoms with Gasteiger partial charge < -0.3 is 10.1 Å². The summed E-state index contributed by atoms with van der Waals surface area (Å²) in [6, 6.07) is 2.71. The zero-order valence-electron chi connectivity index (χ0n) is 8.96. The van der Waals surface area contributed by atoms with Gasteiger partial charge in [0, 0.05) is 19.6 Å². The molecule has 2 unspecified atom stereocenters. The molecule has 1 aliphatic rings. The van der Waals surface area contributed by atoms with Gasteiger partial charge in [-0.25, -0.2) is 0 Å². The van der Waals surface area contributed by atoms with Crippen molar-refractivity contribution in [2.45, 2.75) is 50.7 Å². The normalized spacial score (nSPS) is 26.3. The Morgan fingerprint density at radius 3 is 3.00 bits per heavy atom. The third-order valence-electron chi connectivity index (χ3n) is 2.88. The summed E-state index contributed by atoms with van der Waals surface area (Å²) in [5, 5.41) is 11.9. The molecule has 1 rings (SSSR count). The molecule has 0 aromatic heterocycles. The molecule has 80 valence electrons. The fourth-order valence-electron chi connectivity index (χ4n) is 2.06. The van der Waals surface area contributed by atoms with Crippen LogP contribution in [0.15, 0.2) is 0 Å². The lowest BCUT2D eigenvalue weighted by atomic mass is 10.2. The first-order chi connectivity index (χ1) is 6.88. The van der Waals surface area contributed by atoms with Crippen molar-refractivity contribution < 1.29 is 4.74 Å². The molecule has 0 amide bonds. The Morgan fingerprint density at radius 2 is 2.29 bits per heavy atom. The minimum Gasteiger partial charge on any atom is -0.380 e. The number of hydrogen-bond donors (Lipinski definition) is 1. The molecule has 0 heterocycles. The van der Waals surface area contributed by atoms with Gasteiger partial charge in [0.25, 0.3) is 0 Å². The number of hydrogen-bond acceptors (Lipinski definition) is 3. The molecule has 1 fully saturated rings. The topological polar surface area (TPSA) is 45.0 Å². The summed E-state index contributed by atoms with van der Waals surface area (Å²) in [4.78, 5) is 0. The van der Waals surface area contributed by atoms with Gasteiger partial charge in [-0.05, 0) is 38.6 Å². The van der Waals surface area contributed by atoms with Crippen LogP contribution in [0.25, 0.3) is 0 Å². The van der Waals surface area contributed by atoms with Gasteiger partial charge in [-0.2, -0.15) is 5.26 Å². The summed E-state index contributed by atoms with van der Waals surface area (Å²) in [5.41, 5.74) is 0. The Labute approximate surface area is 86.4 Å². The van der Waals surface area contributed by atoms with Gasteiger partial charge in [0.05, 0.1) is 12.2 Å². The molecule has 0 radical (unpaired) electrons. The van der Waals surface area contributed by atoms with Crippen molar-refractivity contribution in [3.63, 3.8) is 0 Å². The molecular weight excluding hydrogens is 176 g/mol. The summed E-state index contributed by atoms with van der Waals surface area (Å²) < 4.78 is 5.39. The predicted molar refractivity (Wildman–Crippen MR) is 55.9 cm³/mol. The number of rotatable bonds is 6. The van der Waals surface area contributed by atoms with Crippen LogP contribution in [-0.4, -0.2) is 25.8 Å². The fourth-order valence-corrected chi connectivity index (χ4v) is 2.06.